The maximum absolute atomic E-state index is 11.3. The highest BCUT2D eigenvalue weighted by Gasteiger charge is 2.52. The summed E-state index contributed by atoms with van der Waals surface area (Å²) in [6, 6.07) is 6.10. The molecule has 1 spiro atoms. The van der Waals surface area contributed by atoms with E-state index in [2.05, 4.69) is 43.6 Å². The van der Waals surface area contributed by atoms with Gasteiger partial charge in [-0.25, -0.2) is 4.79 Å². The molecular weight excluding hydrogens is 406 g/mol. The monoisotopic (exact) mass is 437 g/mol. The van der Waals surface area contributed by atoms with Crippen LogP contribution in [0.4, 0.5) is 4.79 Å². The van der Waals surface area contributed by atoms with Crippen LogP contribution >= 0.6 is 15.9 Å². The van der Waals surface area contributed by atoms with Crippen molar-refractivity contribution in [2.24, 2.45) is 22.7 Å². The van der Waals surface area contributed by atoms with Gasteiger partial charge in [-0.15, -0.1) is 0 Å². The highest BCUT2D eigenvalue weighted by Crippen LogP contribution is 2.58. The number of likely N-dealkylation sites (tertiary alicyclic amines) is 1. The Bertz CT molecular complexity index is 689. The number of hydrogen-bond donors (Lipinski definition) is 1. The third kappa shape index (κ3) is 4.28. The van der Waals surface area contributed by atoms with Crippen molar-refractivity contribution in [2.75, 3.05) is 19.7 Å². The second-order valence-electron chi connectivity index (χ2n) is 9.53. The van der Waals surface area contributed by atoms with Gasteiger partial charge in [0.05, 0.1) is 6.61 Å². The largest absolute Gasteiger partial charge is 0.493 e. The molecule has 1 saturated heterocycles. The molecule has 0 aromatic heterocycles. The molecule has 1 amide bonds. The number of amides is 1. The summed E-state index contributed by atoms with van der Waals surface area (Å²) in [5.41, 5.74) is 1.63. The van der Waals surface area contributed by atoms with Gasteiger partial charge in [-0.1, -0.05) is 42.8 Å². The van der Waals surface area contributed by atoms with Gasteiger partial charge in [0.15, 0.2) is 0 Å². The number of piperidine rings is 1. The van der Waals surface area contributed by atoms with Crippen molar-refractivity contribution in [3.63, 3.8) is 0 Å². The fourth-order valence-electron chi connectivity index (χ4n) is 5.43. The van der Waals surface area contributed by atoms with E-state index < -0.39 is 6.09 Å². The van der Waals surface area contributed by atoms with Gasteiger partial charge in [0.2, 0.25) is 0 Å². The zero-order chi connectivity index (χ0) is 19.8. The first-order chi connectivity index (χ1) is 12.6. The van der Waals surface area contributed by atoms with Crippen LogP contribution in [-0.2, 0) is 0 Å². The first-order valence-electron chi connectivity index (χ1n) is 9.98. The molecule has 1 N–H and O–H groups in total. The Morgan fingerprint density at radius 1 is 1.33 bits per heavy atom. The molecule has 5 heteroatoms. The molecule has 1 aromatic rings. The molecule has 1 heterocycles. The number of rotatable bonds is 3. The SMILES string of the molecule is Cc1c(Br)cccc1OC[C@H]1CC(C(C)(C)C)C2(CCN(C(=O)O)CC2)C1. The minimum atomic E-state index is -0.778. The molecular formula is C22H32BrNO3. The molecule has 2 atom stereocenters. The lowest BCUT2D eigenvalue weighted by Gasteiger charge is -2.47. The van der Waals surface area contributed by atoms with E-state index in [1.165, 1.54) is 6.42 Å². The molecule has 0 radical (unpaired) electrons. The molecule has 27 heavy (non-hydrogen) atoms. The van der Waals surface area contributed by atoms with E-state index in [0.29, 0.717) is 24.9 Å². The summed E-state index contributed by atoms with van der Waals surface area (Å²) in [6.45, 7) is 11.2. The van der Waals surface area contributed by atoms with Crippen LogP contribution in [0.25, 0.3) is 0 Å². The third-order valence-electron chi connectivity index (χ3n) is 6.77. The molecule has 1 aromatic carbocycles. The van der Waals surface area contributed by atoms with Crippen LogP contribution in [-0.4, -0.2) is 35.8 Å². The van der Waals surface area contributed by atoms with E-state index in [-0.39, 0.29) is 10.8 Å². The van der Waals surface area contributed by atoms with Crippen LogP contribution in [0.3, 0.4) is 0 Å². The Balaban J connectivity index is 1.70. The number of carboxylic acid groups (broad SMARTS) is 1. The third-order valence-corrected chi connectivity index (χ3v) is 7.63. The average molecular weight is 438 g/mol. The Labute approximate surface area is 171 Å². The molecule has 1 aliphatic carbocycles. The quantitative estimate of drug-likeness (QED) is 0.633. The number of hydrogen-bond acceptors (Lipinski definition) is 2. The fourth-order valence-corrected chi connectivity index (χ4v) is 5.78. The van der Waals surface area contributed by atoms with Crippen LogP contribution in [0.2, 0.25) is 0 Å². The van der Waals surface area contributed by atoms with E-state index in [9.17, 15) is 9.90 Å². The zero-order valence-electron chi connectivity index (χ0n) is 16.9. The first kappa shape index (κ1) is 20.5. The van der Waals surface area contributed by atoms with Gasteiger partial charge in [0, 0.05) is 23.1 Å². The van der Waals surface area contributed by atoms with Gasteiger partial charge in [-0.3, -0.25) is 0 Å². The molecule has 4 nitrogen and oxygen atoms in total. The van der Waals surface area contributed by atoms with Crippen LogP contribution in [0.5, 0.6) is 5.75 Å². The van der Waals surface area contributed by atoms with E-state index in [1.807, 2.05) is 18.2 Å². The van der Waals surface area contributed by atoms with Gasteiger partial charge in [-0.2, -0.15) is 0 Å². The van der Waals surface area contributed by atoms with Crippen LogP contribution in [0.15, 0.2) is 22.7 Å². The molecule has 2 aliphatic rings. The lowest BCUT2D eigenvalue weighted by Crippen LogP contribution is -2.46. The molecule has 3 rings (SSSR count). The van der Waals surface area contributed by atoms with E-state index >= 15 is 0 Å². The van der Waals surface area contributed by atoms with Crippen molar-refractivity contribution in [3.8, 4) is 5.75 Å². The minimum Gasteiger partial charge on any atom is -0.493 e. The lowest BCUT2D eigenvalue weighted by molar-refractivity contribution is 0.0203. The molecule has 1 unspecified atom stereocenters. The Hall–Kier alpha value is -1.23. The maximum atomic E-state index is 11.3. The van der Waals surface area contributed by atoms with Crippen LogP contribution in [0.1, 0.15) is 52.0 Å². The number of nitrogens with zero attached hydrogens (tertiary/aromatic N) is 1. The predicted molar refractivity (Wildman–Crippen MR) is 111 cm³/mol. The van der Waals surface area contributed by atoms with Crippen molar-refractivity contribution < 1.29 is 14.6 Å². The van der Waals surface area contributed by atoms with Crippen molar-refractivity contribution in [1.29, 1.82) is 0 Å². The normalized spacial score (nSPS) is 25.0. The van der Waals surface area contributed by atoms with Gasteiger partial charge >= 0.3 is 6.09 Å². The second kappa shape index (κ2) is 7.65. The Kier molecular flexibility index (Phi) is 5.81. The average Bonchev–Trinajstić information content (AvgIpc) is 2.95. The number of halogens is 1. The summed E-state index contributed by atoms with van der Waals surface area (Å²) in [4.78, 5) is 12.9. The molecule has 1 aliphatic heterocycles. The predicted octanol–water partition coefficient (Wildman–Crippen LogP) is 5.97. The lowest BCUT2D eigenvalue weighted by atomic mass is 9.62. The van der Waals surface area contributed by atoms with Crippen molar-refractivity contribution >= 4 is 22.0 Å². The van der Waals surface area contributed by atoms with Gasteiger partial charge in [0.1, 0.15) is 5.75 Å². The van der Waals surface area contributed by atoms with E-state index in [1.54, 1.807) is 4.90 Å². The van der Waals surface area contributed by atoms with Crippen LogP contribution < -0.4 is 4.74 Å². The number of carbonyl (C=O) groups is 1. The van der Waals surface area contributed by atoms with Crippen molar-refractivity contribution in [3.05, 3.63) is 28.2 Å². The molecule has 150 valence electrons. The van der Waals surface area contributed by atoms with Crippen molar-refractivity contribution in [1.82, 2.24) is 4.90 Å². The number of ether oxygens (including phenoxy) is 1. The standard InChI is InChI=1S/C22H32BrNO3/c1-15-17(23)6-5-7-18(15)27-14-16-12-19(21(2,3)4)22(13-16)8-10-24(11-9-22)20(25)26/h5-7,16,19H,8-14H2,1-4H3,(H,25,26)/t16-,19?/m0/s1. The smallest absolute Gasteiger partial charge is 0.407 e. The first-order valence-corrected chi connectivity index (χ1v) is 10.8. The van der Waals surface area contributed by atoms with E-state index in [0.717, 1.165) is 41.7 Å². The Morgan fingerprint density at radius 3 is 2.59 bits per heavy atom. The molecule has 0 bridgehead atoms. The minimum absolute atomic E-state index is 0.228. The van der Waals surface area contributed by atoms with E-state index in [4.69, 9.17) is 4.74 Å². The summed E-state index contributed by atoms with van der Waals surface area (Å²) in [5, 5.41) is 9.31. The topological polar surface area (TPSA) is 49.8 Å². The van der Waals surface area contributed by atoms with Crippen molar-refractivity contribution in [2.45, 2.75) is 53.4 Å². The zero-order valence-corrected chi connectivity index (χ0v) is 18.5. The maximum Gasteiger partial charge on any atom is 0.407 e. The fraction of sp³-hybridized carbons (Fsp3) is 0.682. The number of benzene rings is 1. The summed E-state index contributed by atoms with van der Waals surface area (Å²) < 4.78 is 7.30. The van der Waals surface area contributed by atoms with Crippen LogP contribution in [0, 0.1) is 29.6 Å². The highest BCUT2D eigenvalue weighted by atomic mass is 79.9. The molecule has 1 saturated carbocycles. The summed E-state index contributed by atoms with van der Waals surface area (Å²) in [5.74, 6) is 2.10. The highest BCUT2D eigenvalue weighted by molar-refractivity contribution is 9.10. The van der Waals surface area contributed by atoms with Gasteiger partial charge < -0.3 is 14.7 Å². The molecule has 2 fully saturated rings. The van der Waals surface area contributed by atoms with Gasteiger partial charge in [0.25, 0.3) is 0 Å². The second-order valence-corrected chi connectivity index (χ2v) is 10.4. The van der Waals surface area contributed by atoms with Gasteiger partial charge in [-0.05, 0) is 67.4 Å². The summed E-state index contributed by atoms with van der Waals surface area (Å²) in [6.07, 6.45) is 3.50. The Morgan fingerprint density at radius 2 is 2.00 bits per heavy atom. The summed E-state index contributed by atoms with van der Waals surface area (Å²) in [7, 11) is 0. The summed E-state index contributed by atoms with van der Waals surface area (Å²) >= 11 is 3.58.